The van der Waals surface area contributed by atoms with Gasteiger partial charge in [0.25, 0.3) is 5.91 Å². The highest BCUT2D eigenvalue weighted by Gasteiger charge is 2.11. The quantitative estimate of drug-likeness (QED) is 0.774. The Balaban J connectivity index is 1.66. The number of hydrogen-bond acceptors (Lipinski definition) is 4. The standard InChI is InChI=1S/C16H14FN5O/c1-10-7-19-13(8-18-10)9-20-16(23)15-6-14(21-22-15)11-2-4-12(17)5-3-11/h2-8H,9H2,1H3,(H,20,23)(H,21,22). The number of aromatic amines is 1. The lowest BCUT2D eigenvalue weighted by atomic mass is 10.1. The summed E-state index contributed by atoms with van der Waals surface area (Å²) in [6, 6.07) is 7.52. The maximum atomic E-state index is 12.9. The van der Waals surface area contributed by atoms with Crippen LogP contribution in [0.1, 0.15) is 21.9 Å². The van der Waals surface area contributed by atoms with Gasteiger partial charge in [-0.1, -0.05) is 0 Å². The van der Waals surface area contributed by atoms with Crippen molar-refractivity contribution in [3.8, 4) is 11.3 Å². The molecular formula is C16H14FN5O. The molecule has 0 saturated carbocycles. The van der Waals surface area contributed by atoms with Gasteiger partial charge in [0.15, 0.2) is 0 Å². The molecule has 3 rings (SSSR count). The van der Waals surface area contributed by atoms with Crippen LogP contribution in [-0.4, -0.2) is 26.1 Å². The molecular weight excluding hydrogens is 297 g/mol. The van der Waals surface area contributed by atoms with E-state index in [0.717, 1.165) is 11.3 Å². The number of H-pyrrole nitrogens is 1. The van der Waals surface area contributed by atoms with Crippen molar-refractivity contribution in [1.82, 2.24) is 25.5 Å². The molecule has 0 unspecified atom stereocenters. The molecule has 1 amide bonds. The van der Waals surface area contributed by atoms with Crippen LogP contribution in [0.2, 0.25) is 0 Å². The third-order valence-corrected chi connectivity index (χ3v) is 3.23. The van der Waals surface area contributed by atoms with Gasteiger partial charge in [-0.3, -0.25) is 19.9 Å². The Morgan fingerprint density at radius 3 is 2.70 bits per heavy atom. The summed E-state index contributed by atoms with van der Waals surface area (Å²) >= 11 is 0. The van der Waals surface area contributed by atoms with E-state index in [1.54, 1.807) is 30.6 Å². The monoisotopic (exact) mass is 311 g/mol. The molecule has 1 aromatic carbocycles. The van der Waals surface area contributed by atoms with Crippen LogP contribution in [0.15, 0.2) is 42.7 Å². The minimum absolute atomic E-state index is 0.275. The number of benzene rings is 1. The normalized spacial score (nSPS) is 10.5. The number of nitrogens with one attached hydrogen (secondary N) is 2. The SMILES string of the molecule is Cc1cnc(CNC(=O)c2cc(-c3ccc(F)cc3)n[nH]2)cn1. The van der Waals surface area contributed by atoms with Gasteiger partial charge in [0, 0.05) is 11.8 Å². The summed E-state index contributed by atoms with van der Waals surface area (Å²) in [4.78, 5) is 20.4. The number of aromatic nitrogens is 4. The number of halogens is 1. The topological polar surface area (TPSA) is 83.6 Å². The Kier molecular flexibility index (Phi) is 4.09. The number of nitrogens with zero attached hydrogens (tertiary/aromatic N) is 3. The van der Waals surface area contributed by atoms with Crippen LogP contribution < -0.4 is 5.32 Å². The van der Waals surface area contributed by atoms with Crippen molar-refractivity contribution in [1.29, 1.82) is 0 Å². The third-order valence-electron chi connectivity index (χ3n) is 3.23. The van der Waals surface area contributed by atoms with Crippen LogP contribution >= 0.6 is 0 Å². The van der Waals surface area contributed by atoms with Gasteiger partial charge >= 0.3 is 0 Å². The maximum Gasteiger partial charge on any atom is 0.269 e. The van der Waals surface area contributed by atoms with Gasteiger partial charge in [-0.2, -0.15) is 5.10 Å². The molecule has 0 atom stereocenters. The smallest absolute Gasteiger partial charge is 0.269 e. The number of carbonyl (C=O) groups is 1. The van der Waals surface area contributed by atoms with Crippen molar-refractivity contribution >= 4 is 5.91 Å². The van der Waals surface area contributed by atoms with Crippen molar-refractivity contribution in [3.63, 3.8) is 0 Å². The molecule has 0 aliphatic rings. The molecule has 0 bridgehead atoms. The van der Waals surface area contributed by atoms with E-state index in [2.05, 4.69) is 25.5 Å². The Bertz CT molecular complexity index is 811. The molecule has 2 aromatic heterocycles. The van der Waals surface area contributed by atoms with Gasteiger partial charge < -0.3 is 5.32 Å². The van der Waals surface area contributed by atoms with E-state index in [0.29, 0.717) is 17.1 Å². The fourth-order valence-corrected chi connectivity index (χ4v) is 1.98. The van der Waals surface area contributed by atoms with E-state index in [4.69, 9.17) is 0 Å². The Morgan fingerprint density at radius 2 is 2.00 bits per heavy atom. The van der Waals surface area contributed by atoms with Crippen LogP contribution in [0.3, 0.4) is 0 Å². The summed E-state index contributed by atoms with van der Waals surface area (Å²) in [5.41, 5.74) is 3.11. The molecule has 2 N–H and O–H groups in total. The number of amides is 1. The zero-order valence-corrected chi connectivity index (χ0v) is 12.4. The minimum atomic E-state index is -0.318. The summed E-state index contributed by atoms with van der Waals surface area (Å²) in [6.45, 7) is 2.12. The van der Waals surface area contributed by atoms with E-state index in [1.807, 2.05) is 6.92 Å². The third kappa shape index (κ3) is 3.57. The molecule has 0 saturated heterocycles. The first-order valence-electron chi connectivity index (χ1n) is 6.99. The van der Waals surface area contributed by atoms with Crippen LogP contribution in [0, 0.1) is 12.7 Å². The second-order valence-electron chi connectivity index (χ2n) is 5.01. The summed E-state index contributed by atoms with van der Waals surface area (Å²) in [7, 11) is 0. The van der Waals surface area contributed by atoms with Gasteiger partial charge in [0.2, 0.25) is 0 Å². The van der Waals surface area contributed by atoms with Crippen molar-refractivity contribution in [2.45, 2.75) is 13.5 Å². The number of rotatable bonds is 4. The molecule has 23 heavy (non-hydrogen) atoms. The second-order valence-corrected chi connectivity index (χ2v) is 5.01. The van der Waals surface area contributed by atoms with Crippen molar-refractivity contribution in [3.05, 3.63) is 65.6 Å². The Hall–Kier alpha value is -3.09. The lowest BCUT2D eigenvalue weighted by Crippen LogP contribution is -2.23. The summed E-state index contributed by atoms with van der Waals surface area (Å²) in [5, 5.41) is 9.48. The minimum Gasteiger partial charge on any atom is -0.345 e. The van der Waals surface area contributed by atoms with Crippen LogP contribution in [0.25, 0.3) is 11.3 Å². The molecule has 2 heterocycles. The highest BCUT2D eigenvalue weighted by atomic mass is 19.1. The fourth-order valence-electron chi connectivity index (χ4n) is 1.98. The largest absolute Gasteiger partial charge is 0.345 e. The molecule has 0 aliphatic carbocycles. The van der Waals surface area contributed by atoms with E-state index in [-0.39, 0.29) is 18.3 Å². The van der Waals surface area contributed by atoms with Crippen molar-refractivity contribution in [2.24, 2.45) is 0 Å². The first-order valence-corrected chi connectivity index (χ1v) is 6.99. The molecule has 0 radical (unpaired) electrons. The lowest BCUT2D eigenvalue weighted by Gasteiger charge is -2.02. The van der Waals surface area contributed by atoms with Crippen molar-refractivity contribution in [2.75, 3.05) is 0 Å². The molecule has 6 nitrogen and oxygen atoms in total. The molecule has 0 aliphatic heterocycles. The highest BCUT2D eigenvalue weighted by Crippen LogP contribution is 2.17. The first kappa shape index (κ1) is 14.8. The highest BCUT2D eigenvalue weighted by molar-refractivity contribution is 5.93. The molecule has 116 valence electrons. The number of aryl methyl sites for hydroxylation is 1. The van der Waals surface area contributed by atoms with Gasteiger partial charge in [0.1, 0.15) is 11.5 Å². The molecule has 7 heteroatoms. The van der Waals surface area contributed by atoms with Gasteiger partial charge in [-0.05, 0) is 37.3 Å². The second kappa shape index (κ2) is 6.35. The van der Waals surface area contributed by atoms with E-state index < -0.39 is 0 Å². The summed E-state index contributed by atoms with van der Waals surface area (Å²) < 4.78 is 12.9. The number of carbonyl (C=O) groups excluding carboxylic acids is 1. The fraction of sp³-hybridized carbons (Fsp3) is 0.125. The predicted molar refractivity (Wildman–Crippen MR) is 81.9 cm³/mol. The zero-order valence-electron chi connectivity index (χ0n) is 12.4. The number of hydrogen-bond donors (Lipinski definition) is 2. The van der Waals surface area contributed by atoms with Crippen LogP contribution in [-0.2, 0) is 6.54 Å². The Morgan fingerprint density at radius 1 is 1.22 bits per heavy atom. The van der Waals surface area contributed by atoms with E-state index in [1.165, 1.54) is 12.1 Å². The van der Waals surface area contributed by atoms with Crippen molar-refractivity contribution < 1.29 is 9.18 Å². The summed E-state index contributed by atoms with van der Waals surface area (Å²) in [5.74, 6) is -0.616. The zero-order chi connectivity index (χ0) is 16.2. The first-order chi connectivity index (χ1) is 11.1. The average molecular weight is 311 g/mol. The van der Waals surface area contributed by atoms with Gasteiger partial charge in [0.05, 0.1) is 29.8 Å². The Labute approximate surface area is 131 Å². The van der Waals surface area contributed by atoms with Crippen LogP contribution in [0.5, 0.6) is 0 Å². The van der Waals surface area contributed by atoms with Gasteiger partial charge in [-0.25, -0.2) is 4.39 Å². The molecule has 3 aromatic rings. The lowest BCUT2D eigenvalue weighted by molar-refractivity contribution is 0.0945. The molecule has 0 fully saturated rings. The van der Waals surface area contributed by atoms with Crippen LogP contribution in [0.4, 0.5) is 4.39 Å². The van der Waals surface area contributed by atoms with Gasteiger partial charge in [-0.15, -0.1) is 0 Å². The predicted octanol–water partition coefficient (Wildman–Crippen LogP) is 2.24. The maximum absolute atomic E-state index is 12.9. The molecule has 0 spiro atoms. The van der Waals surface area contributed by atoms with E-state index >= 15 is 0 Å². The average Bonchev–Trinajstić information content (AvgIpc) is 3.05. The summed E-state index contributed by atoms with van der Waals surface area (Å²) in [6.07, 6.45) is 3.26. The van der Waals surface area contributed by atoms with E-state index in [9.17, 15) is 9.18 Å².